The zero-order chi connectivity index (χ0) is 30.8. The largest absolute Gasteiger partial charge is 0.464 e. The van der Waals surface area contributed by atoms with E-state index in [1.807, 2.05) is 13.8 Å². The molecule has 10 nitrogen and oxygen atoms in total. The van der Waals surface area contributed by atoms with Crippen molar-refractivity contribution in [3.8, 4) is 5.88 Å². The maximum Gasteiger partial charge on any atom is 0.408 e. The fourth-order valence-corrected chi connectivity index (χ4v) is 5.80. The number of pyridine rings is 1. The minimum absolute atomic E-state index is 0.105. The fourth-order valence-electron chi connectivity index (χ4n) is 5.80. The quantitative estimate of drug-likeness (QED) is 0.325. The second-order valence-electron chi connectivity index (χ2n) is 12.6. The molecule has 3 aromatic rings. The summed E-state index contributed by atoms with van der Waals surface area (Å²) in [7, 11) is 0. The number of ether oxygens (including phenoxy) is 2. The molecule has 3 N–H and O–H groups in total. The number of nitrogens with one attached hydrogen (secondary N) is 3. The van der Waals surface area contributed by atoms with E-state index in [-0.39, 0.29) is 23.9 Å². The molecule has 2 aromatic heterocycles. The highest BCUT2D eigenvalue weighted by Gasteiger charge is 2.48. The van der Waals surface area contributed by atoms with Crippen LogP contribution in [0, 0.1) is 17.6 Å². The van der Waals surface area contributed by atoms with Crippen LogP contribution in [0.4, 0.5) is 13.6 Å². The molecule has 2 aliphatic heterocycles. The summed E-state index contributed by atoms with van der Waals surface area (Å²) in [6.07, 6.45) is 2.17. The van der Waals surface area contributed by atoms with Crippen molar-refractivity contribution < 1.29 is 27.6 Å². The van der Waals surface area contributed by atoms with Crippen molar-refractivity contribution in [2.75, 3.05) is 26.2 Å². The molecular formula is C31H40F2N6O4. The third-order valence-corrected chi connectivity index (χ3v) is 7.93. The predicted molar refractivity (Wildman–Crippen MR) is 155 cm³/mol. The molecule has 0 aliphatic carbocycles. The van der Waals surface area contributed by atoms with E-state index in [0.29, 0.717) is 29.7 Å². The molecule has 12 heteroatoms. The molecule has 0 bridgehead atoms. The molecule has 1 unspecified atom stereocenters. The average molecular weight is 599 g/mol. The normalized spacial score (nSPS) is 22.0. The lowest BCUT2D eigenvalue weighted by Gasteiger charge is -2.37. The number of halogens is 2. The monoisotopic (exact) mass is 598 g/mol. The predicted octanol–water partition coefficient (Wildman–Crippen LogP) is 5.09. The zero-order valence-electron chi connectivity index (χ0n) is 25.2. The first-order valence-corrected chi connectivity index (χ1v) is 14.8. The number of benzene rings is 1. The highest BCUT2D eigenvalue weighted by Crippen LogP contribution is 2.42. The van der Waals surface area contributed by atoms with Gasteiger partial charge in [0.05, 0.1) is 5.54 Å². The smallest absolute Gasteiger partial charge is 0.408 e. The molecule has 0 saturated carbocycles. The van der Waals surface area contributed by atoms with Crippen molar-refractivity contribution in [2.24, 2.45) is 5.92 Å². The lowest BCUT2D eigenvalue weighted by atomic mass is 9.77. The number of alkyl carbamates (subject to hydrolysis) is 1. The minimum atomic E-state index is -1.18. The van der Waals surface area contributed by atoms with Gasteiger partial charge in [0.25, 0.3) is 5.89 Å². The Labute approximate surface area is 250 Å². The van der Waals surface area contributed by atoms with Crippen LogP contribution in [0.2, 0.25) is 0 Å². The maximum atomic E-state index is 15.1. The molecule has 5 rings (SSSR count). The van der Waals surface area contributed by atoms with Crippen LogP contribution in [0.3, 0.4) is 0 Å². The van der Waals surface area contributed by atoms with Crippen molar-refractivity contribution in [2.45, 2.75) is 76.5 Å². The molecular weight excluding hydrogens is 558 g/mol. The van der Waals surface area contributed by atoms with Gasteiger partial charge in [0.2, 0.25) is 5.88 Å². The Morgan fingerprint density at radius 3 is 2.56 bits per heavy atom. The Hall–Kier alpha value is -3.64. The van der Waals surface area contributed by atoms with E-state index in [1.165, 1.54) is 6.07 Å². The van der Waals surface area contributed by atoms with Gasteiger partial charge in [0.15, 0.2) is 11.9 Å². The number of aromatic nitrogens is 3. The van der Waals surface area contributed by atoms with Gasteiger partial charge in [-0.15, -0.1) is 0 Å². The maximum absolute atomic E-state index is 15.1. The van der Waals surface area contributed by atoms with Crippen molar-refractivity contribution in [1.29, 1.82) is 0 Å². The number of carbonyl (C=O) groups excluding carboxylic acids is 1. The van der Waals surface area contributed by atoms with Gasteiger partial charge in [-0.3, -0.25) is 0 Å². The molecule has 4 heterocycles. The van der Waals surface area contributed by atoms with Gasteiger partial charge in [0.1, 0.15) is 17.2 Å². The number of hydrogen-bond donors (Lipinski definition) is 3. The van der Waals surface area contributed by atoms with Gasteiger partial charge in [-0.2, -0.15) is 4.98 Å². The topological polar surface area (TPSA) is 123 Å². The summed E-state index contributed by atoms with van der Waals surface area (Å²) in [4.78, 5) is 22.3. The summed E-state index contributed by atoms with van der Waals surface area (Å²) in [6.45, 7) is 11.5. The lowest BCUT2D eigenvalue weighted by molar-refractivity contribution is 0.0449. The van der Waals surface area contributed by atoms with Crippen LogP contribution in [-0.2, 0) is 10.3 Å². The number of rotatable bonds is 8. The van der Waals surface area contributed by atoms with E-state index in [1.54, 1.807) is 39.1 Å². The third-order valence-electron chi connectivity index (χ3n) is 7.93. The first-order chi connectivity index (χ1) is 20.4. The van der Waals surface area contributed by atoms with Gasteiger partial charge < -0.3 is 29.9 Å². The number of hydrogen-bond acceptors (Lipinski definition) is 9. The second-order valence-corrected chi connectivity index (χ2v) is 12.6. The van der Waals surface area contributed by atoms with Crippen LogP contribution in [0.1, 0.15) is 88.2 Å². The molecule has 232 valence electrons. The van der Waals surface area contributed by atoms with Crippen molar-refractivity contribution >= 4 is 6.09 Å². The highest BCUT2D eigenvalue weighted by molar-refractivity contribution is 5.70. The first kappa shape index (κ1) is 30.8. The Balaban J connectivity index is 1.48. The Morgan fingerprint density at radius 1 is 1.14 bits per heavy atom. The second kappa shape index (κ2) is 12.5. The van der Waals surface area contributed by atoms with E-state index in [0.717, 1.165) is 38.1 Å². The number of amides is 1. The molecule has 2 aliphatic rings. The van der Waals surface area contributed by atoms with E-state index in [4.69, 9.17) is 14.0 Å². The molecule has 0 radical (unpaired) electrons. The van der Waals surface area contributed by atoms with Crippen LogP contribution in [0.5, 0.6) is 5.88 Å². The van der Waals surface area contributed by atoms with E-state index in [2.05, 4.69) is 31.1 Å². The molecule has 3 atom stereocenters. The summed E-state index contributed by atoms with van der Waals surface area (Å²) >= 11 is 0. The average Bonchev–Trinajstić information content (AvgIpc) is 3.61. The summed E-state index contributed by atoms with van der Waals surface area (Å²) in [5, 5.41) is 13.7. The van der Waals surface area contributed by atoms with Crippen LogP contribution >= 0.6 is 0 Å². The molecule has 0 spiro atoms. The molecule has 2 fully saturated rings. The van der Waals surface area contributed by atoms with Crippen molar-refractivity contribution in [3.05, 3.63) is 71.0 Å². The lowest BCUT2D eigenvalue weighted by Crippen LogP contribution is -2.52. The van der Waals surface area contributed by atoms with Crippen LogP contribution in [0.25, 0.3) is 0 Å². The summed E-state index contributed by atoms with van der Waals surface area (Å²) in [5.41, 5.74) is -1.22. The van der Waals surface area contributed by atoms with Gasteiger partial charge in [-0.1, -0.05) is 19.0 Å². The Morgan fingerprint density at radius 2 is 1.91 bits per heavy atom. The number of nitrogens with zero attached hydrogens (tertiary/aromatic N) is 3. The Bertz CT molecular complexity index is 1400. The van der Waals surface area contributed by atoms with Gasteiger partial charge in [0, 0.05) is 43.1 Å². The van der Waals surface area contributed by atoms with Crippen LogP contribution in [0.15, 0.2) is 41.1 Å². The van der Waals surface area contributed by atoms with E-state index in [9.17, 15) is 9.18 Å². The van der Waals surface area contributed by atoms with E-state index >= 15 is 4.39 Å². The zero-order valence-corrected chi connectivity index (χ0v) is 25.2. The SMILES string of the molecule is CC(C)c1noc(C(Oc2ccc([C@]3(NC(=O)OC(C)(C)C)CNC[C@H]3c3cc(F)ccc3F)cn2)C2CCNCC2)n1. The van der Waals surface area contributed by atoms with Crippen molar-refractivity contribution in [3.63, 3.8) is 0 Å². The highest BCUT2D eigenvalue weighted by atomic mass is 19.1. The minimum Gasteiger partial charge on any atom is -0.464 e. The first-order valence-electron chi connectivity index (χ1n) is 14.8. The summed E-state index contributed by atoms with van der Waals surface area (Å²) in [5.74, 6) is -0.184. The van der Waals surface area contributed by atoms with Gasteiger partial charge in [-0.05, 0) is 82.1 Å². The molecule has 43 heavy (non-hydrogen) atoms. The third kappa shape index (κ3) is 6.96. The Kier molecular flexibility index (Phi) is 8.98. The standard InChI is InChI=1S/C31H40F2N6O4/c1-18(2)27-37-28(43-39-27)26(19-10-12-34-13-11-19)41-25-9-6-20(15-36-25)31(38-29(40)42-30(3,4)5)17-35-16-23(31)22-14-21(32)7-8-24(22)33/h6-9,14-15,18-19,23,26,34-35H,10-13,16-17H2,1-5H3,(H,38,40)/t23-,26?,31+/m0/s1. The van der Waals surface area contributed by atoms with Crippen LogP contribution in [-0.4, -0.2) is 53.0 Å². The van der Waals surface area contributed by atoms with Crippen molar-refractivity contribution in [1.82, 2.24) is 31.1 Å². The van der Waals surface area contributed by atoms with Crippen LogP contribution < -0.4 is 20.7 Å². The summed E-state index contributed by atoms with van der Waals surface area (Å²) < 4.78 is 47.0. The fraction of sp³-hybridized carbons (Fsp3) is 0.548. The molecule has 1 aromatic carbocycles. The number of piperidine rings is 1. The van der Waals surface area contributed by atoms with Gasteiger partial charge >= 0.3 is 6.09 Å². The molecule has 2 saturated heterocycles. The number of carbonyl (C=O) groups is 1. The summed E-state index contributed by atoms with van der Waals surface area (Å²) in [6, 6.07) is 6.83. The van der Waals surface area contributed by atoms with E-state index < -0.39 is 40.9 Å². The molecule has 1 amide bonds. The van der Waals surface area contributed by atoms with Gasteiger partial charge in [-0.25, -0.2) is 18.6 Å².